The summed E-state index contributed by atoms with van der Waals surface area (Å²) in [4.78, 5) is 14.4. The van der Waals surface area contributed by atoms with Crippen LogP contribution in [0.5, 0.6) is 0 Å². The van der Waals surface area contributed by atoms with E-state index < -0.39 is 0 Å². The summed E-state index contributed by atoms with van der Waals surface area (Å²) >= 11 is 6.15. The van der Waals surface area contributed by atoms with Crippen molar-refractivity contribution in [1.29, 1.82) is 0 Å². The normalized spacial score (nSPS) is 17.1. The molecule has 7 heteroatoms. The zero-order valence-electron chi connectivity index (χ0n) is 12.7. The van der Waals surface area contributed by atoms with Crippen molar-refractivity contribution in [3.05, 3.63) is 52.8 Å². The summed E-state index contributed by atoms with van der Waals surface area (Å²) in [6.45, 7) is 1.84. The quantitative estimate of drug-likeness (QED) is 0.917. The Bertz CT molecular complexity index is 674. The molecule has 124 valence electrons. The number of aromatic nitrogens is 2. The molecule has 1 saturated heterocycles. The molecule has 1 amide bonds. The van der Waals surface area contributed by atoms with E-state index in [1.54, 1.807) is 17.1 Å². The number of benzene rings is 1. The highest BCUT2D eigenvalue weighted by Crippen LogP contribution is 2.20. The molecule has 0 bridgehead atoms. The van der Waals surface area contributed by atoms with Crippen molar-refractivity contribution in [2.75, 3.05) is 13.1 Å². The number of carbonyl (C=O) groups is 1. The van der Waals surface area contributed by atoms with Crippen molar-refractivity contribution in [2.45, 2.75) is 25.4 Å². The van der Waals surface area contributed by atoms with E-state index in [0.717, 1.165) is 24.9 Å². The number of amides is 1. The first-order valence-electron chi connectivity index (χ1n) is 7.46. The van der Waals surface area contributed by atoms with Crippen LogP contribution in [0.1, 0.15) is 28.8 Å². The van der Waals surface area contributed by atoms with Gasteiger partial charge in [0.15, 0.2) is 0 Å². The van der Waals surface area contributed by atoms with Crippen LogP contribution in [-0.2, 0) is 6.54 Å². The number of nitrogens with zero attached hydrogens (tertiary/aromatic N) is 3. The fourth-order valence-corrected chi connectivity index (χ4v) is 3.07. The third kappa shape index (κ3) is 3.86. The van der Waals surface area contributed by atoms with Crippen LogP contribution in [0.2, 0.25) is 5.02 Å². The van der Waals surface area contributed by atoms with Crippen LogP contribution >= 0.6 is 24.0 Å². The Morgan fingerprint density at radius 3 is 2.91 bits per heavy atom. The van der Waals surface area contributed by atoms with Crippen molar-refractivity contribution in [3.63, 3.8) is 0 Å². The third-order valence-electron chi connectivity index (χ3n) is 4.08. The van der Waals surface area contributed by atoms with E-state index in [1.807, 2.05) is 29.2 Å². The maximum absolute atomic E-state index is 12.5. The van der Waals surface area contributed by atoms with Gasteiger partial charge in [0.1, 0.15) is 0 Å². The maximum Gasteiger partial charge on any atom is 0.257 e. The number of nitrogens with two attached hydrogens (primary N) is 1. The van der Waals surface area contributed by atoms with Crippen LogP contribution in [0.15, 0.2) is 36.7 Å². The average Bonchev–Trinajstić information content (AvgIpc) is 3.17. The number of likely N-dealkylation sites (tertiary alicyclic amines) is 1. The second-order valence-corrected chi connectivity index (χ2v) is 5.96. The number of rotatable bonds is 4. The lowest BCUT2D eigenvalue weighted by molar-refractivity contribution is 0.0741. The highest BCUT2D eigenvalue weighted by atomic mass is 35.5. The molecule has 1 unspecified atom stereocenters. The van der Waals surface area contributed by atoms with Crippen LogP contribution < -0.4 is 5.73 Å². The predicted octanol–water partition coefficient (Wildman–Crippen LogP) is 2.57. The van der Waals surface area contributed by atoms with Crippen LogP contribution in [0.4, 0.5) is 0 Å². The molecule has 0 radical (unpaired) electrons. The Morgan fingerprint density at radius 1 is 1.39 bits per heavy atom. The van der Waals surface area contributed by atoms with E-state index in [4.69, 9.17) is 17.3 Å². The number of hydrogen-bond acceptors (Lipinski definition) is 3. The Morgan fingerprint density at radius 2 is 2.17 bits per heavy atom. The molecular weight excluding hydrogens is 335 g/mol. The van der Waals surface area contributed by atoms with Gasteiger partial charge in [-0.25, -0.2) is 0 Å². The lowest BCUT2D eigenvalue weighted by Gasteiger charge is -2.22. The first-order valence-corrected chi connectivity index (χ1v) is 7.83. The molecular formula is C16H20Cl2N4O. The van der Waals surface area contributed by atoms with Gasteiger partial charge in [0.25, 0.3) is 5.91 Å². The van der Waals surface area contributed by atoms with E-state index >= 15 is 0 Å². The van der Waals surface area contributed by atoms with E-state index in [9.17, 15) is 4.79 Å². The van der Waals surface area contributed by atoms with Crippen molar-refractivity contribution in [3.8, 4) is 0 Å². The SMILES string of the molecule is Cl.NCC1CCCN1C(=O)c1cnn(Cc2ccccc2Cl)c1. The minimum absolute atomic E-state index is 0. The Hall–Kier alpha value is -1.56. The fourth-order valence-electron chi connectivity index (χ4n) is 2.88. The molecule has 1 fully saturated rings. The van der Waals surface area contributed by atoms with E-state index in [0.29, 0.717) is 23.7 Å². The van der Waals surface area contributed by atoms with Gasteiger partial charge in [-0.3, -0.25) is 9.48 Å². The smallest absolute Gasteiger partial charge is 0.257 e. The van der Waals surface area contributed by atoms with Crippen LogP contribution in [0.25, 0.3) is 0 Å². The van der Waals surface area contributed by atoms with E-state index in [-0.39, 0.29) is 24.4 Å². The number of carbonyl (C=O) groups excluding carboxylic acids is 1. The summed E-state index contributed by atoms with van der Waals surface area (Å²) in [7, 11) is 0. The Balaban J connectivity index is 0.00000192. The monoisotopic (exact) mass is 354 g/mol. The zero-order valence-corrected chi connectivity index (χ0v) is 14.3. The molecule has 1 aliphatic rings. The van der Waals surface area contributed by atoms with Gasteiger partial charge in [-0.1, -0.05) is 29.8 Å². The first kappa shape index (κ1) is 17.8. The third-order valence-corrected chi connectivity index (χ3v) is 4.45. The van der Waals surface area contributed by atoms with Crippen LogP contribution in [-0.4, -0.2) is 39.7 Å². The fraction of sp³-hybridized carbons (Fsp3) is 0.375. The van der Waals surface area contributed by atoms with Gasteiger partial charge in [-0.05, 0) is 24.5 Å². The predicted molar refractivity (Wildman–Crippen MR) is 93.1 cm³/mol. The van der Waals surface area contributed by atoms with Gasteiger partial charge >= 0.3 is 0 Å². The lowest BCUT2D eigenvalue weighted by Crippen LogP contribution is -2.39. The molecule has 1 aliphatic heterocycles. The van der Waals surface area contributed by atoms with Gasteiger partial charge < -0.3 is 10.6 Å². The van der Waals surface area contributed by atoms with E-state index in [1.165, 1.54) is 0 Å². The standard InChI is InChI=1S/C16H19ClN4O.ClH/c17-15-6-2-1-4-12(15)10-20-11-13(9-19-20)16(22)21-7-3-5-14(21)8-18;/h1-2,4,6,9,11,14H,3,5,7-8,10,18H2;1H. The minimum atomic E-state index is 0. The van der Waals surface area contributed by atoms with Gasteiger partial charge in [0.2, 0.25) is 0 Å². The molecule has 2 aromatic rings. The molecule has 23 heavy (non-hydrogen) atoms. The highest BCUT2D eigenvalue weighted by molar-refractivity contribution is 6.31. The lowest BCUT2D eigenvalue weighted by atomic mass is 10.2. The molecule has 0 aliphatic carbocycles. The van der Waals surface area contributed by atoms with Crippen molar-refractivity contribution in [1.82, 2.24) is 14.7 Å². The van der Waals surface area contributed by atoms with Gasteiger partial charge in [-0.15, -0.1) is 12.4 Å². The van der Waals surface area contributed by atoms with Gasteiger partial charge in [-0.2, -0.15) is 5.10 Å². The summed E-state index contributed by atoms with van der Waals surface area (Å²) in [5.74, 6) is 0.0124. The summed E-state index contributed by atoms with van der Waals surface area (Å²) in [6.07, 6.45) is 5.39. The largest absolute Gasteiger partial charge is 0.334 e. The Kier molecular flexibility index (Phi) is 6.04. The summed E-state index contributed by atoms with van der Waals surface area (Å²) in [5.41, 5.74) is 7.32. The zero-order chi connectivity index (χ0) is 15.5. The molecule has 1 atom stereocenters. The molecule has 2 heterocycles. The molecule has 2 N–H and O–H groups in total. The first-order chi connectivity index (χ1) is 10.7. The number of hydrogen-bond donors (Lipinski definition) is 1. The number of halogens is 2. The average molecular weight is 355 g/mol. The Labute approximate surface area is 146 Å². The van der Waals surface area contributed by atoms with Crippen molar-refractivity contribution >= 4 is 29.9 Å². The van der Waals surface area contributed by atoms with Crippen LogP contribution in [0, 0.1) is 0 Å². The minimum Gasteiger partial charge on any atom is -0.334 e. The summed E-state index contributed by atoms with van der Waals surface area (Å²) < 4.78 is 1.74. The van der Waals surface area contributed by atoms with Crippen molar-refractivity contribution in [2.24, 2.45) is 5.73 Å². The molecule has 0 spiro atoms. The van der Waals surface area contributed by atoms with Gasteiger partial charge in [0, 0.05) is 30.4 Å². The van der Waals surface area contributed by atoms with Crippen molar-refractivity contribution < 1.29 is 4.79 Å². The summed E-state index contributed by atoms with van der Waals surface area (Å²) in [6, 6.07) is 7.79. The van der Waals surface area contributed by atoms with Gasteiger partial charge in [0.05, 0.1) is 18.3 Å². The second kappa shape index (κ2) is 7.81. The van der Waals surface area contributed by atoms with E-state index in [2.05, 4.69) is 5.10 Å². The molecule has 1 aromatic heterocycles. The molecule has 5 nitrogen and oxygen atoms in total. The maximum atomic E-state index is 12.5. The topological polar surface area (TPSA) is 64.2 Å². The molecule has 3 rings (SSSR count). The second-order valence-electron chi connectivity index (χ2n) is 5.55. The molecule has 1 aromatic carbocycles. The highest BCUT2D eigenvalue weighted by Gasteiger charge is 2.28. The molecule has 0 saturated carbocycles. The summed E-state index contributed by atoms with van der Waals surface area (Å²) in [5, 5.41) is 4.98. The van der Waals surface area contributed by atoms with Crippen LogP contribution in [0.3, 0.4) is 0 Å².